The van der Waals surface area contributed by atoms with Crippen molar-refractivity contribution < 1.29 is 5.11 Å². The molecule has 100 valence electrons. The van der Waals surface area contributed by atoms with Crippen molar-refractivity contribution in [1.29, 1.82) is 0 Å². The summed E-state index contributed by atoms with van der Waals surface area (Å²) in [5, 5.41) is 9.23. The second-order valence-corrected chi connectivity index (χ2v) is 4.85. The standard InChI is InChI=1S/C13H22N4O/c14-11-6-7-12(16-13(11)15)17(8-9-18)10-4-2-1-3-5-10/h6-7,10,18H,1-5,8-9,14H2,(H2,15,16). The highest BCUT2D eigenvalue weighted by molar-refractivity contribution is 5.62. The summed E-state index contributed by atoms with van der Waals surface area (Å²) in [5.41, 5.74) is 12.0. The molecule has 0 spiro atoms. The van der Waals surface area contributed by atoms with Crippen LogP contribution in [0.15, 0.2) is 12.1 Å². The molecule has 1 saturated carbocycles. The van der Waals surface area contributed by atoms with Crippen LogP contribution in [0.2, 0.25) is 0 Å². The third kappa shape index (κ3) is 2.85. The van der Waals surface area contributed by atoms with Gasteiger partial charge in [0.15, 0.2) is 0 Å². The predicted molar refractivity (Wildman–Crippen MR) is 74.4 cm³/mol. The summed E-state index contributed by atoms with van der Waals surface area (Å²) in [6.07, 6.45) is 6.12. The summed E-state index contributed by atoms with van der Waals surface area (Å²) in [7, 11) is 0. The third-order valence-corrected chi connectivity index (χ3v) is 3.59. The Balaban J connectivity index is 2.19. The monoisotopic (exact) mass is 250 g/mol. The molecule has 0 saturated heterocycles. The van der Waals surface area contributed by atoms with E-state index in [-0.39, 0.29) is 6.61 Å². The van der Waals surface area contributed by atoms with E-state index in [1.807, 2.05) is 6.07 Å². The van der Waals surface area contributed by atoms with Crippen molar-refractivity contribution in [3.63, 3.8) is 0 Å². The van der Waals surface area contributed by atoms with Crippen molar-refractivity contribution >= 4 is 17.3 Å². The molecule has 0 atom stereocenters. The summed E-state index contributed by atoms with van der Waals surface area (Å²) in [6, 6.07) is 4.13. The van der Waals surface area contributed by atoms with E-state index in [1.54, 1.807) is 6.07 Å². The maximum Gasteiger partial charge on any atom is 0.149 e. The SMILES string of the molecule is Nc1ccc(N(CCO)C2CCCCC2)nc1N. The van der Waals surface area contributed by atoms with Gasteiger partial charge in [0.25, 0.3) is 0 Å². The molecule has 0 bridgehead atoms. The molecule has 5 heteroatoms. The van der Waals surface area contributed by atoms with E-state index in [0.717, 1.165) is 18.7 Å². The van der Waals surface area contributed by atoms with E-state index in [0.29, 0.717) is 24.1 Å². The Morgan fingerprint density at radius 1 is 1.22 bits per heavy atom. The first-order valence-electron chi connectivity index (χ1n) is 6.62. The molecule has 5 nitrogen and oxygen atoms in total. The summed E-state index contributed by atoms with van der Waals surface area (Å²) < 4.78 is 0. The van der Waals surface area contributed by atoms with E-state index in [2.05, 4.69) is 9.88 Å². The van der Waals surface area contributed by atoms with Crippen LogP contribution in [0, 0.1) is 0 Å². The zero-order chi connectivity index (χ0) is 13.0. The lowest BCUT2D eigenvalue weighted by atomic mass is 9.94. The van der Waals surface area contributed by atoms with Gasteiger partial charge in [-0.2, -0.15) is 0 Å². The van der Waals surface area contributed by atoms with Crippen molar-refractivity contribution in [1.82, 2.24) is 4.98 Å². The van der Waals surface area contributed by atoms with Gasteiger partial charge in [-0.3, -0.25) is 0 Å². The number of aliphatic hydroxyl groups excluding tert-OH is 1. The minimum atomic E-state index is 0.127. The van der Waals surface area contributed by atoms with Crippen LogP contribution in [0.1, 0.15) is 32.1 Å². The summed E-state index contributed by atoms with van der Waals surface area (Å²) in [4.78, 5) is 6.50. The zero-order valence-corrected chi connectivity index (χ0v) is 10.7. The van der Waals surface area contributed by atoms with Crippen molar-refractivity contribution in [2.75, 3.05) is 29.5 Å². The molecule has 18 heavy (non-hydrogen) atoms. The van der Waals surface area contributed by atoms with Gasteiger partial charge in [-0.15, -0.1) is 0 Å². The number of pyridine rings is 1. The smallest absolute Gasteiger partial charge is 0.149 e. The molecular weight excluding hydrogens is 228 g/mol. The highest BCUT2D eigenvalue weighted by Gasteiger charge is 2.22. The number of nitrogens with zero attached hydrogens (tertiary/aromatic N) is 2. The Morgan fingerprint density at radius 3 is 2.56 bits per heavy atom. The first kappa shape index (κ1) is 13.0. The lowest BCUT2D eigenvalue weighted by molar-refractivity contribution is 0.289. The predicted octanol–water partition coefficient (Wildman–Crippen LogP) is 1.38. The van der Waals surface area contributed by atoms with Crippen LogP contribution in [-0.2, 0) is 0 Å². The molecule has 0 amide bonds. The average molecular weight is 250 g/mol. The second-order valence-electron chi connectivity index (χ2n) is 4.85. The molecule has 1 aromatic rings. The summed E-state index contributed by atoms with van der Waals surface area (Å²) in [5.74, 6) is 1.19. The highest BCUT2D eigenvalue weighted by Crippen LogP contribution is 2.27. The number of hydrogen-bond acceptors (Lipinski definition) is 5. The number of nitrogens with two attached hydrogens (primary N) is 2. The molecule has 0 unspecified atom stereocenters. The second kappa shape index (κ2) is 5.91. The Morgan fingerprint density at radius 2 is 1.94 bits per heavy atom. The molecule has 1 aliphatic carbocycles. The molecule has 0 aliphatic heterocycles. The van der Waals surface area contributed by atoms with Gasteiger partial charge in [-0.25, -0.2) is 4.98 Å². The van der Waals surface area contributed by atoms with Crippen molar-refractivity contribution in [3.8, 4) is 0 Å². The summed E-state index contributed by atoms with van der Waals surface area (Å²) >= 11 is 0. The van der Waals surface area contributed by atoms with Crippen LogP contribution in [-0.4, -0.2) is 29.3 Å². The van der Waals surface area contributed by atoms with Crippen LogP contribution in [0.4, 0.5) is 17.3 Å². The van der Waals surface area contributed by atoms with E-state index < -0.39 is 0 Å². The van der Waals surface area contributed by atoms with Gasteiger partial charge in [0.2, 0.25) is 0 Å². The van der Waals surface area contributed by atoms with Gasteiger partial charge in [-0.1, -0.05) is 19.3 Å². The largest absolute Gasteiger partial charge is 0.396 e. The Labute approximate surface area is 108 Å². The number of aliphatic hydroxyl groups is 1. The molecule has 0 aromatic carbocycles. The molecule has 1 aliphatic rings. The lowest BCUT2D eigenvalue weighted by Crippen LogP contribution is -2.39. The van der Waals surface area contributed by atoms with E-state index >= 15 is 0 Å². The fourth-order valence-corrected chi connectivity index (χ4v) is 2.62. The van der Waals surface area contributed by atoms with Crippen LogP contribution in [0.25, 0.3) is 0 Å². The van der Waals surface area contributed by atoms with Crippen molar-refractivity contribution in [2.24, 2.45) is 0 Å². The normalized spacial score (nSPS) is 16.7. The molecular formula is C13H22N4O. The highest BCUT2D eigenvalue weighted by atomic mass is 16.3. The Bertz CT molecular complexity index is 391. The molecule has 2 rings (SSSR count). The number of rotatable bonds is 4. The topological polar surface area (TPSA) is 88.4 Å². The molecule has 1 heterocycles. The van der Waals surface area contributed by atoms with Crippen molar-refractivity contribution in [3.05, 3.63) is 12.1 Å². The Kier molecular flexibility index (Phi) is 4.25. The molecule has 5 N–H and O–H groups in total. The van der Waals surface area contributed by atoms with Crippen LogP contribution < -0.4 is 16.4 Å². The minimum Gasteiger partial charge on any atom is -0.396 e. The zero-order valence-electron chi connectivity index (χ0n) is 10.7. The molecule has 1 aromatic heterocycles. The van der Waals surface area contributed by atoms with Crippen molar-refractivity contribution in [2.45, 2.75) is 38.1 Å². The fraction of sp³-hybridized carbons (Fsp3) is 0.615. The Hall–Kier alpha value is -1.49. The lowest BCUT2D eigenvalue weighted by Gasteiger charge is -2.35. The van der Waals surface area contributed by atoms with E-state index in [1.165, 1.54) is 19.3 Å². The van der Waals surface area contributed by atoms with Crippen LogP contribution >= 0.6 is 0 Å². The quantitative estimate of drug-likeness (QED) is 0.751. The van der Waals surface area contributed by atoms with Gasteiger partial charge in [0.05, 0.1) is 12.3 Å². The maximum atomic E-state index is 9.23. The van der Waals surface area contributed by atoms with Crippen LogP contribution in [0.3, 0.4) is 0 Å². The van der Waals surface area contributed by atoms with Gasteiger partial charge >= 0.3 is 0 Å². The first-order valence-corrected chi connectivity index (χ1v) is 6.62. The molecule has 1 fully saturated rings. The van der Waals surface area contributed by atoms with Gasteiger partial charge < -0.3 is 21.5 Å². The van der Waals surface area contributed by atoms with Gasteiger partial charge in [-0.05, 0) is 25.0 Å². The average Bonchev–Trinajstić information content (AvgIpc) is 2.40. The van der Waals surface area contributed by atoms with E-state index in [4.69, 9.17) is 11.5 Å². The van der Waals surface area contributed by atoms with E-state index in [9.17, 15) is 5.11 Å². The van der Waals surface area contributed by atoms with Gasteiger partial charge in [0.1, 0.15) is 11.6 Å². The van der Waals surface area contributed by atoms with Gasteiger partial charge in [0, 0.05) is 12.6 Å². The fourth-order valence-electron chi connectivity index (χ4n) is 2.62. The number of hydrogen-bond donors (Lipinski definition) is 3. The minimum absolute atomic E-state index is 0.127. The first-order chi connectivity index (χ1) is 8.72. The van der Waals surface area contributed by atoms with Crippen LogP contribution in [0.5, 0.6) is 0 Å². The third-order valence-electron chi connectivity index (χ3n) is 3.59. The maximum absolute atomic E-state index is 9.23. The number of aromatic nitrogens is 1. The number of nitrogen functional groups attached to an aromatic ring is 2. The summed E-state index contributed by atoms with van der Waals surface area (Å²) in [6.45, 7) is 0.726. The number of anilines is 3. The molecule has 0 radical (unpaired) electrons.